The fourth-order valence-electron chi connectivity index (χ4n) is 4.14. The Hall–Kier alpha value is -3.77. The van der Waals surface area contributed by atoms with Gasteiger partial charge in [-0.15, -0.1) is 0 Å². The molecule has 0 atom stereocenters. The number of hydrogen-bond donors (Lipinski definition) is 0. The van der Waals surface area contributed by atoms with Crippen molar-refractivity contribution in [2.75, 3.05) is 21.0 Å². The minimum atomic E-state index is -0.152. The first-order chi connectivity index (χ1) is 16.1. The largest absolute Gasteiger partial charge is 0.497 e. The molecule has 0 radical (unpaired) electrons. The van der Waals surface area contributed by atoms with Crippen molar-refractivity contribution in [1.29, 1.82) is 0 Å². The zero-order chi connectivity index (χ0) is 22.9. The number of fused-ring (bicyclic) bond motifs is 3. The van der Waals surface area contributed by atoms with Crippen LogP contribution in [0.15, 0.2) is 60.4 Å². The molecule has 33 heavy (non-hydrogen) atoms. The fourth-order valence-corrected chi connectivity index (χ4v) is 4.14. The van der Waals surface area contributed by atoms with Gasteiger partial charge in [0.2, 0.25) is 5.78 Å². The van der Waals surface area contributed by atoms with Crippen LogP contribution in [0.5, 0.6) is 23.0 Å². The zero-order valence-electron chi connectivity index (χ0n) is 18.9. The van der Waals surface area contributed by atoms with Crippen molar-refractivity contribution >= 4 is 11.9 Å². The van der Waals surface area contributed by atoms with Crippen LogP contribution in [-0.2, 0) is 13.1 Å². The maximum atomic E-state index is 13.1. The molecule has 0 spiro atoms. The van der Waals surface area contributed by atoms with Gasteiger partial charge < -0.3 is 18.9 Å². The number of benzene rings is 3. The third-order valence-electron chi connectivity index (χ3n) is 5.94. The highest BCUT2D eigenvalue weighted by atomic mass is 16.5. The van der Waals surface area contributed by atoms with Crippen molar-refractivity contribution in [3.05, 3.63) is 88.2 Å². The number of hydrogen-bond acceptors (Lipinski definition) is 6. The van der Waals surface area contributed by atoms with Gasteiger partial charge in [-0.05, 0) is 42.8 Å². The van der Waals surface area contributed by atoms with Crippen molar-refractivity contribution in [3.63, 3.8) is 0 Å². The molecule has 3 aromatic rings. The first-order valence-corrected chi connectivity index (χ1v) is 10.8. The van der Waals surface area contributed by atoms with Gasteiger partial charge in [0, 0.05) is 24.7 Å². The van der Waals surface area contributed by atoms with E-state index in [1.807, 2.05) is 18.2 Å². The van der Waals surface area contributed by atoms with Crippen LogP contribution in [0, 0.1) is 6.92 Å². The van der Waals surface area contributed by atoms with Gasteiger partial charge in [0.25, 0.3) is 0 Å². The Morgan fingerprint density at radius 1 is 1.03 bits per heavy atom. The first-order valence-electron chi connectivity index (χ1n) is 10.8. The van der Waals surface area contributed by atoms with Crippen molar-refractivity contribution in [2.24, 2.45) is 0 Å². The Bertz CT molecular complexity index is 1250. The number of methoxy groups -OCH3 is 2. The van der Waals surface area contributed by atoms with Crippen LogP contribution in [0.2, 0.25) is 0 Å². The lowest BCUT2D eigenvalue weighted by atomic mass is 10.0. The number of carbonyl (C=O) groups excluding carboxylic acids is 1. The molecule has 0 aliphatic carbocycles. The van der Waals surface area contributed by atoms with E-state index in [-0.39, 0.29) is 11.5 Å². The molecule has 6 nitrogen and oxygen atoms in total. The maximum absolute atomic E-state index is 13.1. The Kier molecular flexibility index (Phi) is 5.52. The summed E-state index contributed by atoms with van der Waals surface area (Å²) >= 11 is 0. The third-order valence-corrected chi connectivity index (χ3v) is 5.94. The van der Waals surface area contributed by atoms with Crippen LogP contribution in [0.4, 0.5) is 0 Å². The van der Waals surface area contributed by atoms with Crippen LogP contribution in [-0.4, -0.2) is 31.6 Å². The Morgan fingerprint density at radius 2 is 1.85 bits per heavy atom. The van der Waals surface area contributed by atoms with E-state index in [0.717, 1.165) is 23.4 Å². The topological polar surface area (TPSA) is 57.2 Å². The first kappa shape index (κ1) is 21.1. The van der Waals surface area contributed by atoms with E-state index in [1.54, 1.807) is 32.4 Å². The summed E-state index contributed by atoms with van der Waals surface area (Å²) in [6.07, 6.45) is 1.71. The zero-order valence-corrected chi connectivity index (χ0v) is 18.9. The summed E-state index contributed by atoms with van der Waals surface area (Å²) in [5.74, 6) is 2.72. The molecule has 0 aromatic heterocycles. The number of ketones is 1. The number of allylic oxidation sites excluding steroid dienone is 1. The lowest BCUT2D eigenvalue weighted by Gasteiger charge is -2.29. The predicted octanol–water partition coefficient (Wildman–Crippen LogP) is 4.98. The van der Waals surface area contributed by atoms with Crippen molar-refractivity contribution in [3.8, 4) is 23.0 Å². The van der Waals surface area contributed by atoms with Crippen molar-refractivity contribution in [2.45, 2.75) is 20.0 Å². The molecular weight excluding hydrogens is 418 g/mol. The monoisotopic (exact) mass is 443 g/mol. The number of ether oxygens (including phenoxy) is 4. The Labute approximate surface area is 193 Å². The smallest absolute Gasteiger partial charge is 0.231 e. The van der Waals surface area contributed by atoms with Crippen molar-refractivity contribution in [1.82, 2.24) is 4.90 Å². The lowest BCUT2D eigenvalue weighted by molar-refractivity contribution is 0.0873. The molecule has 0 saturated heterocycles. The normalized spacial score (nSPS) is 16.1. The van der Waals surface area contributed by atoms with E-state index < -0.39 is 0 Å². The summed E-state index contributed by atoms with van der Waals surface area (Å²) < 4.78 is 22.8. The highest BCUT2D eigenvalue weighted by Crippen LogP contribution is 2.42. The molecule has 0 amide bonds. The van der Waals surface area contributed by atoms with Gasteiger partial charge in [-0.2, -0.15) is 0 Å². The average molecular weight is 443 g/mol. The van der Waals surface area contributed by atoms with Crippen molar-refractivity contribution < 1.29 is 23.7 Å². The molecule has 6 heteroatoms. The number of nitrogens with zero attached hydrogens (tertiary/aromatic N) is 1. The molecule has 0 N–H and O–H groups in total. The average Bonchev–Trinajstić information content (AvgIpc) is 3.16. The number of aryl methyl sites for hydroxylation is 1. The molecule has 0 saturated carbocycles. The molecular formula is C27H25NO5. The van der Waals surface area contributed by atoms with Crippen LogP contribution in [0.1, 0.15) is 32.6 Å². The number of carbonyl (C=O) groups is 1. The van der Waals surface area contributed by atoms with Gasteiger partial charge in [-0.25, -0.2) is 0 Å². The predicted molar refractivity (Wildman–Crippen MR) is 125 cm³/mol. The molecule has 0 unspecified atom stereocenters. The standard InChI is InChI=1S/C27H25NO5/c1-17-4-6-18(7-5-17)14-28-15-22-23(32-16-28)11-10-21-26(29)25(33-27(21)22)12-19-8-9-20(30-2)13-24(19)31-3/h4-13H,14-16H2,1-3H3/b25-12-. The van der Waals surface area contributed by atoms with Gasteiger partial charge in [-0.3, -0.25) is 9.69 Å². The molecule has 2 aliphatic rings. The molecule has 2 aliphatic heterocycles. The van der Waals surface area contributed by atoms with Gasteiger partial charge in [0.15, 0.2) is 5.76 Å². The Morgan fingerprint density at radius 3 is 2.61 bits per heavy atom. The summed E-state index contributed by atoms with van der Waals surface area (Å²) in [6.45, 7) is 3.95. The second-order valence-electron chi connectivity index (χ2n) is 8.21. The molecule has 5 rings (SSSR count). The van der Waals surface area contributed by atoms with Crippen LogP contribution < -0.4 is 18.9 Å². The van der Waals surface area contributed by atoms with Crippen LogP contribution in [0.3, 0.4) is 0 Å². The third kappa shape index (κ3) is 4.05. The van der Waals surface area contributed by atoms with E-state index in [9.17, 15) is 4.79 Å². The minimum absolute atomic E-state index is 0.152. The summed E-state index contributed by atoms with van der Waals surface area (Å²) in [5.41, 5.74) is 4.62. The van der Waals surface area contributed by atoms with Gasteiger partial charge in [0.05, 0.1) is 25.3 Å². The number of Topliss-reactive ketones (excluding diaryl/α,β-unsaturated/α-hetero) is 1. The molecule has 168 valence electrons. The van der Waals surface area contributed by atoms with E-state index >= 15 is 0 Å². The van der Waals surface area contributed by atoms with Crippen LogP contribution >= 0.6 is 0 Å². The summed E-state index contributed by atoms with van der Waals surface area (Å²) in [6, 6.07) is 17.5. The molecule has 0 fully saturated rings. The highest BCUT2D eigenvalue weighted by Gasteiger charge is 2.33. The molecule has 0 bridgehead atoms. The maximum Gasteiger partial charge on any atom is 0.231 e. The molecule has 3 aromatic carbocycles. The second kappa shape index (κ2) is 8.64. The Balaban J connectivity index is 1.42. The lowest BCUT2D eigenvalue weighted by Crippen LogP contribution is -2.31. The van der Waals surface area contributed by atoms with Gasteiger partial charge in [0.1, 0.15) is 29.7 Å². The summed E-state index contributed by atoms with van der Waals surface area (Å²) in [4.78, 5) is 15.3. The second-order valence-corrected chi connectivity index (χ2v) is 8.21. The van der Waals surface area contributed by atoms with E-state index in [0.29, 0.717) is 36.1 Å². The van der Waals surface area contributed by atoms with Gasteiger partial charge in [-0.1, -0.05) is 29.8 Å². The summed E-state index contributed by atoms with van der Waals surface area (Å²) in [5, 5.41) is 0. The van der Waals surface area contributed by atoms with Gasteiger partial charge >= 0.3 is 0 Å². The molecule has 2 heterocycles. The number of rotatable bonds is 5. The van der Waals surface area contributed by atoms with E-state index in [4.69, 9.17) is 18.9 Å². The summed E-state index contributed by atoms with van der Waals surface area (Å²) in [7, 11) is 3.18. The fraction of sp³-hybridized carbons (Fsp3) is 0.222. The van der Waals surface area contributed by atoms with E-state index in [2.05, 4.69) is 36.1 Å². The van der Waals surface area contributed by atoms with Crippen LogP contribution in [0.25, 0.3) is 6.08 Å². The minimum Gasteiger partial charge on any atom is -0.497 e. The van der Waals surface area contributed by atoms with E-state index in [1.165, 1.54) is 11.1 Å². The SMILES string of the molecule is COc1ccc(/C=C2\Oc3c(ccc4c3CN(Cc3ccc(C)cc3)CO4)C2=O)c(OC)c1. The highest BCUT2D eigenvalue weighted by molar-refractivity contribution is 6.15. The quantitative estimate of drug-likeness (QED) is 0.519.